The number of aliphatic hydroxyl groups excluding tert-OH is 1. The van der Waals surface area contributed by atoms with Crippen molar-refractivity contribution in [3.8, 4) is 0 Å². The van der Waals surface area contributed by atoms with Gasteiger partial charge in [-0.05, 0) is 66.3 Å². The minimum absolute atomic E-state index is 0.0526. The zero-order chi connectivity index (χ0) is 15.4. The summed E-state index contributed by atoms with van der Waals surface area (Å²) < 4.78 is 0. The van der Waals surface area contributed by atoms with Crippen molar-refractivity contribution in [2.45, 2.75) is 72.8 Å². The highest BCUT2D eigenvalue weighted by Crippen LogP contribution is 2.61. The van der Waals surface area contributed by atoms with Gasteiger partial charge in [0.05, 0.1) is 6.10 Å². The Hall–Kier alpha value is -0.560. The number of fused-ring (bicyclic) bond motifs is 3. The Kier molecular flexibility index (Phi) is 3.64. The van der Waals surface area contributed by atoms with Crippen LogP contribution in [-0.2, 0) is 0 Å². The summed E-state index contributed by atoms with van der Waals surface area (Å²) in [6.07, 6.45) is 10.8. The maximum Gasteiger partial charge on any atom is 0.0594 e. The van der Waals surface area contributed by atoms with E-state index in [-0.39, 0.29) is 11.5 Å². The van der Waals surface area contributed by atoms with E-state index in [4.69, 9.17) is 0 Å². The van der Waals surface area contributed by atoms with E-state index in [0.717, 1.165) is 12.8 Å². The van der Waals surface area contributed by atoms with Crippen molar-refractivity contribution in [2.75, 3.05) is 0 Å². The second-order valence-electron chi connectivity index (χ2n) is 8.84. The van der Waals surface area contributed by atoms with Crippen LogP contribution in [0.5, 0.6) is 0 Å². The van der Waals surface area contributed by atoms with Gasteiger partial charge in [0, 0.05) is 0 Å². The summed E-state index contributed by atoms with van der Waals surface area (Å²) in [4.78, 5) is 0. The van der Waals surface area contributed by atoms with Gasteiger partial charge in [-0.2, -0.15) is 0 Å². The third-order valence-electron chi connectivity index (χ3n) is 7.11. The standard InChI is InChI=1S/C20H32O/c1-13(2)14-6-8-16-15(12-14)7-9-17-19(3,4)18(21)10-11-20(16,17)5/h7,12-13,16-18,21H,6,8-11H2,1-5H3/t16-,17-,18+,20+/m1/s1. The van der Waals surface area contributed by atoms with Crippen molar-refractivity contribution >= 4 is 0 Å². The quantitative estimate of drug-likeness (QED) is 0.710. The number of allylic oxidation sites excluding steroid dienone is 4. The molecule has 0 amide bonds. The van der Waals surface area contributed by atoms with E-state index in [1.807, 2.05) is 0 Å². The molecule has 0 unspecified atom stereocenters. The van der Waals surface area contributed by atoms with Gasteiger partial charge in [-0.25, -0.2) is 0 Å². The third kappa shape index (κ3) is 2.23. The summed E-state index contributed by atoms with van der Waals surface area (Å²) in [5, 5.41) is 10.5. The van der Waals surface area contributed by atoms with E-state index >= 15 is 0 Å². The van der Waals surface area contributed by atoms with Crippen molar-refractivity contribution in [1.82, 2.24) is 0 Å². The largest absolute Gasteiger partial charge is 0.393 e. The first-order valence-corrected chi connectivity index (χ1v) is 8.85. The fraction of sp³-hybridized carbons (Fsp3) is 0.800. The summed E-state index contributed by atoms with van der Waals surface area (Å²) in [6.45, 7) is 11.7. The SMILES string of the molecule is CC(C)C1=CC2=CC[C@@H]3C(C)(C)[C@@H](O)CC[C@@]3(C)[C@@H]2CC1. The lowest BCUT2D eigenvalue weighted by Gasteiger charge is -2.59. The minimum atomic E-state index is -0.129. The molecule has 0 aromatic rings. The highest BCUT2D eigenvalue weighted by Gasteiger charge is 2.55. The molecule has 3 aliphatic carbocycles. The van der Waals surface area contributed by atoms with Gasteiger partial charge in [0.25, 0.3) is 0 Å². The molecule has 21 heavy (non-hydrogen) atoms. The fourth-order valence-corrected chi connectivity index (χ4v) is 5.55. The molecule has 0 spiro atoms. The number of aliphatic hydroxyl groups is 1. The van der Waals surface area contributed by atoms with Crippen molar-refractivity contribution in [2.24, 2.45) is 28.6 Å². The van der Waals surface area contributed by atoms with Crippen molar-refractivity contribution in [1.29, 1.82) is 0 Å². The van der Waals surface area contributed by atoms with Crippen LogP contribution in [0.1, 0.15) is 66.7 Å². The first-order valence-electron chi connectivity index (χ1n) is 8.85. The van der Waals surface area contributed by atoms with E-state index in [9.17, 15) is 5.11 Å². The maximum atomic E-state index is 10.5. The fourth-order valence-electron chi connectivity index (χ4n) is 5.55. The van der Waals surface area contributed by atoms with Crippen molar-refractivity contribution < 1.29 is 5.11 Å². The van der Waals surface area contributed by atoms with Gasteiger partial charge < -0.3 is 5.11 Å². The Bertz CT molecular complexity index is 482. The van der Waals surface area contributed by atoms with Gasteiger partial charge in [0.1, 0.15) is 0 Å². The van der Waals surface area contributed by atoms with E-state index in [0.29, 0.717) is 23.2 Å². The van der Waals surface area contributed by atoms with Gasteiger partial charge in [-0.15, -0.1) is 0 Å². The molecule has 3 rings (SSSR count). The van der Waals surface area contributed by atoms with Crippen LogP contribution in [0.3, 0.4) is 0 Å². The van der Waals surface area contributed by atoms with E-state index < -0.39 is 0 Å². The van der Waals surface area contributed by atoms with Crippen LogP contribution in [0.4, 0.5) is 0 Å². The molecule has 0 radical (unpaired) electrons. The van der Waals surface area contributed by atoms with E-state index in [2.05, 4.69) is 46.8 Å². The Morgan fingerprint density at radius 1 is 1.19 bits per heavy atom. The molecular weight excluding hydrogens is 256 g/mol. The molecule has 118 valence electrons. The smallest absolute Gasteiger partial charge is 0.0594 e. The average Bonchev–Trinajstić information content (AvgIpc) is 2.43. The van der Waals surface area contributed by atoms with Gasteiger partial charge in [0.15, 0.2) is 0 Å². The lowest BCUT2D eigenvalue weighted by Crippen LogP contribution is -2.54. The maximum absolute atomic E-state index is 10.5. The number of hydrogen-bond acceptors (Lipinski definition) is 1. The predicted octanol–water partition coefficient (Wildman–Crippen LogP) is 5.11. The Morgan fingerprint density at radius 2 is 1.90 bits per heavy atom. The molecule has 0 saturated heterocycles. The monoisotopic (exact) mass is 288 g/mol. The molecule has 1 heteroatoms. The zero-order valence-electron chi connectivity index (χ0n) is 14.4. The molecule has 0 aromatic carbocycles. The number of rotatable bonds is 1. The number of hydrogen-bond donors (Lipinski definition) is 1. The molecule has 0 aliphatic heterocycles. The second-order valence-corrected chi connectivity index (χ2v) is 8.84. The highest BCUT2D eigenvalue weighted by atomic mass is 16.3. The molecule has 1 saturated carbocycles. The van der Waals surface area contributed by atoms with Gasteiger partial charge >= 0.3 is 0 Å². The third-order valence-corrected chi connectivity index (χ3v) is 7.11. The van der Waals surface area contributed by atoms with Crippen LogP contribution in [0.25, 0.3) is 0 Å². The van der Waals surface area contributed by atoms with Crippen LogP contribution >= 0.6 is 0 Å². The lowest BCUT2D eigenvalue weighted by molar-refractivity contribution is -0.115. The van der Waals surface area contributed by atoms with Crippen molar-refractivity contribution in [3.63, 3.8) is 0 Å². The van der Waals surface area contributed by atoms with Crippen molar-refractivity contribution in [3.05, 3.63) is 23.3 Å². The van der Waals surface area contributed by atoms with Crippen LogP contribution in [0, 0.1) is 28.6 Å². The molecule has 0 heterocycles. The molecule has 0 bridgehead atoms. The average molecular weight is 288 g/mol. The Labute approximate surface area is 130 Å². The zero-order valence-corrected chi connectivity index (χ0v) is 14.4. The summed E-state index contributed by atoms with van der Waals surface area (Å²) in [7, 11) is 0. The molecule has 4 atom stereocenters. The molecule has 0 aromatic heterocycles. The normalized spacial score (nSPS) is 42.0. The molecule has 3 aliphatic rings. The first kappa shape index (κ1) is 15.3. The summed E-state index contributed by atoms with van der Waals surface area (Å²) in [6, 6.07) is 0. The van der Waals surface area contributed by atoms with Crippen LogP contribution < -0.4 is 0 Å². The van der Waals surface area contributed by atoms with Crippen LogP contribution in [0.2, 0.25) is 0 Å². The summed E-state index contributed by atoms with van der Waals surface area (Å²) in [5.41, 5.74) is 3.67. The Balaban J connectivity index is 1.98. The molecule has 1 fully saturated rings. The van der Waals surface area contributed by atoms with E-state index in [1.165, 1.54) is 19.3 Å². The first-order chi connectivity index (χ1) is 9.76. The second kappa shape index (κ2) is 4.98. The molecule has 1 N–H and O–H groups in total. The van der Waals surface area contributed by atoms with Gasteiger partial charge in [-0.3, -0.25) is 0 Å². The van der Waals surface area contributed by atoms with Crippen LogP contribution in [-0.4, -0.2) is 11.2 Å². The van der Waals surface area contributed by atoms with Crippen LogP contribution in [0.15, 0.2) is 23.3 Å². The lowest BCUT2D eigenvalue weighted by atomic mass is 9.46. The molecular formula is C20H32O. The van der Waals surface area contributed by atoms with E-state index in [1.54, 1.807) is 11.1 Å². The Morgan fingerprint density at radius 3 is 2.57 bits per heavy atom. The highest BCUT2D eigenvalue weighted by molar-refractivity contribution is 5.35. The topological polar surface area (TPSA) is 20.2 Å². The van der Waals surface area contributed by atoms with Gasteiger partial charge in [-0.1, -0.05) is 52.3 Å². The summed E-state index contributed by atoms with van der Waals surface area (Å²) >= 11 is 0. The minimum Gasteiger partial charge on any atom is -0.393 e. The molecule has 1 nitrogen and oxygen atoms in total. The predicted molar refractivity (Wildman–Crippen MR) is 89.0 cm³/mol. The van der Waals surface area contributed by atoms with Gasteiger partial charge in [0.2, 0.25) is 0 Å². The summed E-state index contributed by atoms with van der Waals surface area (Å²) in [5.74, 6) is 2.02.